The van der Waals surface area contributed by atoms with Crippen molar-refractivity contribution in [1.82, 2.24) is 0 Å². The molecular weight excluding hydrogens is 289 g/mol. The lowest BCUT2D eigenvalue weighted by Gasteiger charge is -2.13. The van der Waals surface area contributed by atoms with E-state index in [9.17, 15) is 4.79 Å². The van der Waals surface area contributed by atoms with E-state index in [-0.39, 0.29) is 6.10 Å². The minimum atomic E-state index is -0.552. The maximum absolute atomic E-state index is 11.5. The zero-order valence-electron chi connectivity index (χ0n) is 11.1. The van der Waals surface area contributed by atoms with E-state index < -0.39 is 6.09 Å². The molecule has 0 aliphatic rings. The van der Waals surface area contributed by atoms with Gasteiger partial charge in [-0.2, -0.15) is 0 Å². The fraction of sp³-hybridized carbons (Fsp3) is 0.462. The van der Waals surface area contributed by atoms with Gasteiger partial charge in [0, 0.05) is 5.69 Å². The first kappa shape index (κ1) is 15.9. The molecule has 0 saturated heterocycles. The number of rotatable bonds is 5. The molecular formula is C13H17Cl2NO3. The van der Waals surface area contributed by atoms with Gasteiger partial charge in [0.25, 0.3) is 0 Å². The molecule has 0 saturated carbocycles. The van der Waals surface area contributed by atoms with Crippen LogP contribution in [0.4, 0.5) is 10.5 Å². The summed E-state index contributed by atoms with van der Waals surface area (Å²) in [6, 6.07) is 3.14. The second-order valence-electron chi connectivity index (χ2n) is 4.20. The van der Waals surface area contributed by atoms with Crippen LogP contribution in [-0.2, 0) is 4.74 Å². The van der Waals surface area contributed by atoms with Gasteiger partial charge in [0.2, 0.25) is 0 Å². The number of amides is 1. The van der Waals surface area contributed by atoms with Gasteiger partial charge in [-0.25, -0.2) is 4.79 Å². The molecule has 19 heavy (non-hydrogen) atoms. The number of carbonyl (C=O) groups excluding carboxylic acids is 1. The Morgan fingerprint density at radius 3 is 2.37 bits per heavy atom. The maximum Gasteiger partial charge on any atom is 0.411 e. The molecule has 0 radical (unpaired) electrons. The van der Waals surface area contributed by atoms with Gasteiger partial charge in [0.05, 0.1) is 22.8 Å². The van der Waals surface area contributed by atoms with Crippen molar-refractivity contribution in [3.8, 4) is 5.75 Å². The van der Waals surface area contributed by atoms with Crippen molar-refractivity contribution in [2.75, 3.05) is 11.9 Å². The Bertz CT molecular complexity index is 427. The number of benzene rings is 1. The fourth-order valence-electron chi connectivity index (χ4n) is 1.34. The van der Waals surface area contributed by atoms with E-state index in [1.54, 1.807) is 26.0 Å². The molecule has 0 bridgehead atoms. The molecule has 1 N–H and O–H groups in total. The molecule has 0 aromatic heterocycles. The summed E-state index contributed by atoms with van der Waals surface area (Å²) < 4.78 is 10.4. The lowest BCUT2D eigenvalue weighted by molar-refractivity contribution is 0.130. The second-order valence-corrected chi connectivity index (χ2v) is 5.01. The molecule has 6 heteroatoms. The average molecular weight is 306 g/mol. The molecule has 106 valence electrons. The van der Waals surface area contributed by atoms with Gasteiger partial charge in [-0.1, -0.05) is 30.1 Å². The van der Waals surface area contributed by atoms with Crippen LogP contribution in [0.3, 0.4) is 0 Å². The molecule has 0 aliphatic carbocycles. The summed E-state index contributed by atoms with van der Waals surface area (Å²) >= 11 is 12.1. The van der Waals surface area contributed by atoms with E-state index in [1.807, 2.05) is 6.92 Å². The van der Waals surface area contributed by atoms with Gasteiger partial charge in [0.1, 0.15) is 0 Å². The predicted molar refractivity (Wildman–Crippen MR) is 77.5 cm³/mol. The molecule has 0 heterocycles. The smallest absolute Gasteiger partial charge is 0.411 e. The van der Waals surface area contributed by atoms with Gasteiger partial charge < -0.3 is 9.47 Å². The van der Waals surface area contributed by atoms with Crippen molar-refractivity contribution in [3.63, 3.8) is 0 Å². The van der Waals surface area contributed by atoms with Crippen LogP contribution in [0.25, 0.3) is 0 Å². The molecule has 1 amide bonds. The standard InChI is InChI=1S/C13H17Cl2NO3/c1-4-5-18-12-10(14)6-9(7-11(12)15)16-13(17)19-8(2)3/h6-8H,4-5H2,1-3H3,(H,16,17). The Morgan fingerprint density at radius 1 is 1.32 bits per heavy atom. The number of ether oxygens (including phenoxy) is 2. The number of anilines is 1. The minimum absolute atomic E-state index is 0.196. The summed E-state index contributed by atoms with van der Waals surface area (Å²) in [5, 5.41) is 3.25. The predicted octanol–water partition coefficient (Wildman–Crippen LogP) is 4.74. The van der Waals surface area contributed by atoms with E-state index in [0.29, 0.717) is 28.1 Å². The Kier molecular flexibility index (Phi) is 6.25. The Balaban J connectivity index is 2.79. The van der Waals surface area contributed by atoms with Gasteiger partial charge in [-0.05, 0) is 32.4 Å². The topological polar surface area (TPSA) is 47.6 Å². The number of nitrogens with one attached hydrogen (secondary N) is 1. The molecule has 0 fully saturated rings. The number of halogens is 2. The quantitative estimate of drug-likeness (QED) is 0.854. The Hall–Kier alpha value is -1.13. The van der Waals surface area contributed by atoms with Crippen LogP contribution >= 0.6 is 23.2 Å². The molecule has 4 nitrogen and oxygen atoms in total. The third-order valence-corrected chi connectivity index (χ3v) is 2.60. The number of carbonyl (C=O) groups is 1. The Labute approximate surface area is 123 Å². The van der Waals surface area contributed by atoms with Crippen LogP contribution in [0, 0.1) is 0 Å². The molecule has 0 spiro atoms. The molecule has 1 rings (SSSR count). The van der Waals surface area contributed by atoms with E-state index in [4.69, 9.17) is 32.7 Å². The first-order valence-electron chi connectivity index (χ1n) is 6.03. The van der Waals surface area contributed by atoms with Gasteiger partial charge >= 0.3 is 6.09 Å². The lowest BCUT2D eigenvalue weighted by Crippen LogP contribution is -2.18. The van der Waals surface area contributed by atoms with Crippen molar-refractivity contribution in [1.29, 1.82) is 0 Å². The van der Waals surface area contributed by atoms with Gasteiger partial charge in [-0.15, -0.1) is 0 Å². The molecule has 1 aromatic carbocycles. The maximum atomic E-state index is 11.5. The number of hydrogen-bond acceptors (Lipinski definition) is 3. The minimum Gasteiger partial charge on any atom is -0.490 e. The SMILES string of the molecule is CCCOc1c(Cl)cc(NC(=O)OC(C)C)cc1Cl. The van der Waals surface area contributed by atoms with Crippen LogP contribution in [0.5, 0.6) is 5.75 Å². The molecule has 0 atom stereocenters. The van der Waals surface area contributed by atoms with Crippen molar-refractivity contribution < 1.29 is 14.3 Å². The van der Waals surface area contributed by atoms with Crippen molar-refractivity contribution in [3.05, 3.63) is 22.2 Å². The zero-order chi connectivity index (χ0) is 14.4. The summed E-state index contributed by atoms with van der Waals surface area (Å²) in [4.78, 5) is 11.5. The third kappa shape index (κ3) is 5.17. The van der Waals surface area contributed by atoms with Crippen molar-refractivity contribution in [2.45, 2.75) is 33.3 Å². The fourth-order valence-corrected chi connectivity index (χ4v) is 1.93. The van der Waals surface area contributed by atoms with Crippen LogP contribution in [0.1, 0.15) is 27.2 Å². The average Bonchev–Trinajstić information content (AvgIpc) is 2.26. The highest BCUT2D eigenvalue weighted by atomic mass is 35.5. The highest BCUT2D eigenvalue weighted by molar-refractivity contribution is 6.37. The summed E-state index contributed by atoms with van der Waals surface area (Å²) in [6.45, 7) is 6.05. The third-order valence-electron chi connectivity index (χ3n) is 2.04. The van der Waals surface area contributed by atoms with Crippen LogP contribution in [-0.4, -0.2) is 18.8 Å². The van der Waals surface area contributed by atoms with Gasteiger partial charge in [0.15, 0.2) is 5.75 Å². The highest BCUT2D eigenvalue weighted by Gasteiger charge is 2.12. The molecule has 0 unspecified atom stereocenters. The first-order valence-corrected chi connectivity index (χ1v) is 6.79. The first-order chi connectivity index (χ1) is 8.93. The van der Waals surface area contributed by atoms with Crippen LogP contribution < -0.4 is 10.1 Å². The van der Waals surface area contributed by atoms with E-state index >= 15 is 0 Å². The molecule has 0 aliphatic heterocycles. The normalized spacial score (nSPS) is 10.4. The van der Waals surface area contributed by atoms with E-state index in [1.165, 1.54) is 0 Å². The van der Waals surface area contributed by atoms with Gasteiger partial charge in [-0.3, -0.25) is 5.32 Å². The second kappa shape index (κ2) is 7.46. The van der Waals surface area contributed by atoms with Crippen molar-refractivity contribution >= 4 is 35.0 Å². The summed E-state index contributed by atoms with van der Waals surface area (Å²) in [7, 11) is 0. The van der Waals surface area contributed by atoms with Crippen LogP contribution in [0.2, 0.25) is 10.0 Å². The summed E-state index contributed by atoms with van der Waals surface area (Å²) in [5.41, 5.74) is 0.462. The number of hydrogen-bond donors (Lipinski definition) is 1. The summed E-state index contributed by atoms with van der Waals surface area (Å²) in [5.74, 6) is 0.424. The largest absolute Gasteiger partial charge is 0.490 e. The van der Waals surface area contributed by atoms with E-state index in [2.05, 4.69) is 5.32 Å². The Morgan fingerprint density at radius 2 is 1.89 bits per heavy atom. The van der Waals surface area contributed by atoms with Crippen LogP contribution in [0.15, 0.2) is 12.1 Å². The monoisotopic (exact) mass is 305 g/mol. The van der Waals surface area contributed by atoms with Crippen molar-refractivity contribution in [2.24, 2.45) is 0 Å². The summed E-state index contributed by atoms with van der Waals surface area (Å²) in [6.07, 6.45) is 0.107. The zero-order valence-corrected chi connectivity index (χ0v) is 12.6. The molecule has 1 aromatic rings. The highest BCUT2D eigenvalue weighted by Crippen LogP contribution is 2.36. The van der Waals surface area contributed by atoms with E-state index in [0.717, 1.165) is 6.42 Å². The lowest BCUT2D eigenvalue weighted by atomic mass is 10.3.